The number of rotatable bonds is 3. The van der Waals surface area contributed by atoms with Crippen LogP contribution in [0.25, 0.3) is 0 Å². The highest BCUT2D eigenvalue weighted by Crippen LogP contribution is 2.04. The lowest BCUT2D eigenvalue weighted by Crippen LogP contribution is -2.21. The Hall–Kier alpha value is -1.17. The van der Waals surface area contributed by atoms with Crippen molar-refractivity contribution in [2.75, 3.05) is 11.9 Å². The van der Waals surface area contributed by atoms with E-state index in [4.69, 9.17) is 5.73 Å². The molecule has 1 aromatic rings. The summed E-state index contributed by atoms with van der Waals surface area (Å²) in [5, 5.41) is 3.30. The van der Waals surface area contributed by atoms with Gasteiger partial charge in [0.05, 0.1) is 6.54 Å². The molecule has 1 aromatic heterocycles. The minimum absolute atomic E-state index is 0.106. The van der Waals surface area contributed by atoms with E-state index < -0.39 is 5.91 Å². The molecular formula is C4H6N4OS. The zero-order chi connectivity index (χ0) is 7.40. The van der Waals surface area contributed by atoms with Gasteiger partial charge in [-0.05, 0) is 0 Å². The molecule has 5 nitrogen and oxygen atoms in total. The van der Waals surface area contributed by atoms with Gasteiger partial charge in [0.25, 0.3) is 0 Å². The van der Waals surface area contributed by atoms with E-state index in [1.54, 1.807) is 0 Å². The van der Waals surface area contributed by atoms with Crippen LogP contribution in [-0.4, -0.2) is 21.8 Å². The zero-order valence-corrected chi connectivity index (χ0v) is 5.89. The van der Waals surface area contributed by atoms with Gasteiger partial charge < -0.3 is 11.1 Å². The van der Waals surface area contributed by atoms with Crippen molar-refractivity contribution in [1.29, 1.82) is 0 Å². The third kappa shape index (κ3) is 1.98. The molecule has 0 unspecified atom stereocenters. The number of hydrogen-bond acceptors (Lipinski definition) is 5. The van der Waals surface area contributed by atoms with Crippen LogP contribution in [0.2, 0.25) is 0 Å². The summed E-state index contributed by atoms with van der Waals surface area (Å²) in [5.41, 5.74) is 4.86. The highest BCUT2D eigenvalue weighted by molar-refractivity contribution is 7.09. The lowest BCUT2D eigenvalue weighted by atomic mass is 10.6. The summed E-state index contributed by atoms with van der Waals surface area (Å²) < 4.78 is 3.72. The first-order chi connectivity index (χ1) is 4.79. The molecule has 0 bridgehead atoms. The van der Waals surface area contributed by atoms with Crippen molar-refractivity contribution in [3.8, 4) is 0 Å². The number of nitrogens with one attached hydrogen (secondary N) is 1. The molecule has 0 aliphatic heterocycles. The van der Waals surface area contributed by atoms with Crippen LogP contribution in [0, 0.1) is 0 Å². The summed E-state index contributed by atoms with van der Waals surface area (Å²) in [7, 11) is 0. The van der Waals surface area contributed by atoms with Crippen LogP contribution in [-0.2, 0) is 4.79 Å². The van der Waals surface area contributed by atoms with Crippen molar-refractivity contribution in [2.45, 2.75) is 0 Å². The van der Waals surface area contributed by atoms with E-state index >= 15 is 0 Å². The fraction of sp³-hybridized carbons (Fsp3) is 0.250. The molecule has 3 N–H and O–H groups in total. The molecule has 1 amide bonds. The lowest BCUT2D eigenvalue weighted by Gasteiger charge is -1.94. The fourth-order valence-corrected chi connectivity index (χ4v) is 0.839. The number of hydrogen-bond donors (Lipinski definition) is 2. The smallest absolute Gasteiger partial charge is 0.236 e. The summed E-state index contributed by atoms with van der Waals surface area (Å²) in [5.74, 6) is -0.407. The number of nitrogens with zero attached hydrogens (tertiary/aromatic N) is 2. The average Bonchev–Trinajstić information content (AvgIpc) is 2.34. The second-order valence-electron chi connectivity index (χ2n) is 1.57. The van der Waals surface area contributed by atoms with Crippen LogP contribution < -0.4 is 11.1 Å². The van der Waals surface area contributed by atoms with Crippen LogP contribution in [0.15, 0.2) is 6.33 Å². The van der Waals surface area contributed by atoms with Gasteiger partial charge in [0.2, 0.25) is 11.0 Å². The van der Waals surface area contributed by atoms with E-state index in [-0.39, 0.29) is 6.54 Å². The third-order valence-corrected chi connectivity index (χ3v) is 1.40. The Morgan fingerprint density at radius 3 is 3.20 bits per heavy atom. The minimum atomic E-state index is -0.407. The van der Waals surface area contributed by atoms with Crippen LogP contribution in [0.5, 0.6) is 0 Å². The predicted molar refractivity (Wildman–Crippen MR) is 37.6 cm³/mol. The molecule has 0 fully saturated rings. The van der Waals surface area contributed by atoms with Gasteiger partial charge >= 0.3 is 0 Å². The molecule has 0 saturated heterocycles. The second kappa shape index (κ2) is 3.11. The summed E-state index contributed by atoms with van der Waals surface area (Å²) in [4.78, 5) is 14.0. The maximum atomic E-state index is 10.2. The third-order valence-electron chi connectivity index (χ3n) is 0.775. The molecule has 10 heavy (non-hydrogen) atoms. The molecule has 0 aromatic carbocycles. The van der Waals surface area contributed by atoms with E-state index in [1.165, 1.54) is 17.9 Å². The number of amides is 1. The Labute approximate surface area is 61.4 Å². The van der Waals surface area contributed by atoms with Crippen molar-refractivity contribution in [1.82, 2.24) is 9.36 Å². The SMILES string of the molecule is NC(=O)CNc1ncns1. The van der Waals surface area contributed by atoms with Crippen molar-refractivity contribution >= 4 is 22.6 Å². The quantitative estimate of drug-likeness (QED) is 0.617. The van der Waals surface area contributed by atoms with Crippen LogP contribution in [0.4, 0.5) is 5.13 Å². The molecule has 6 heteroatoms. The Balaban J connectivity index is 2.35. The number of carbonyl (C=O) groups is 1. The first kappa shape index (κ1) is 6.94. The highest BCUT2D eigenvalue weighted by atomic mass is 32.1. The van der Waals surface area contributed by atoms with E-state index in [1.807, 2.05) is 0 Å². The van der Waals surface area contributed by atoms with Crippen LogP contribution >= 0.6 is 11.5 Å². The number of anilines is 1. The minimum Gasteiger partial charge on any atom is -0.368 e. The van der Waals surface area contributed by atoms with Gasteiger partial charge in [-0.15, -0.1) is 0 Å². The summed E-state index contributed by atoms with van der Waals surface area (Å²) in [6.45, 7) is 0.106. The summed E-state index contributed by atoms with van der Waals surface area (Å²) >= 11 is 1.18. The van der Waals surface area contributed by atoms with Crippen LogP contribution in [0.1, 0.15) is 0 Å². The Bertz CT molecular complexity index is 209. The Morgan fingerprint density at radius 1 is 1.90 bits per heavy atom. The van der Waals surface area contributed by atoms with Gasteiger partial charge in [0.15, 0.2) is 0 Å². The number of aromatic nitrogens is 2. The van der Waals surface area contributed by atoms with Gasteiger partial charge in [-0.25, -0.2) is 4.98 Å². The van der Waals surface area contributed by atoms with Gasteiger partial charge in [0, 0.05) is 11.5 Å². The monoisotopic (exact) mass is 158 g/mol. The molecule has 1 rings (SSSR count). The number of nitrogens with two attached hydrogens (primary N) is 1. The Morgan fingerprint density at radius 2 is 2.70 bits per heavy atom. The van der Waals surface area contributed by atoms with Crippen molar-refractivity contribution in [3.05, 3.63) is 6.33 Å². The van der Waals surface area contributed by atoms with Crippen molar-refractivity contribution in [3.63, 3.8) is 0 Å². The fourth-order valence-electron chi connectivity index (χ4n) is 0.414. The molecule has 54 valence electrons. The lowest BCUT2D eigenvalue weighted by molar-refractivity contribution is -0.116. The summed E-state index contributed by atoms with van der Waals surface area (Å²) in [6, 6.07) is 0. The van der Waals surface area contributed by atoms with Crippen LogP contribution in [0.3, 0.4) is 0 Å². The topological polar surface area (TPSA) is 80.9 Å². The van der Waals surface area contributed by atoms with E-state index in [0.29, 0.717) is 5.13 Å². The first-order valence-electron chi connectivity index (χ1n) is 2.58. The largest absolute Gasteiger partial charge is 0.368 e. The summed E-state index contributed by atoms with van der Waals surface area (Å²) in [6.07, 6.45) is 1.41. The average molecular weight is 158 g/mol. The zero-order valence-electron chi connectivity index (χ0n) is 5.07. The number of primary amides is 1. The highest BCUT2D eigenvalue weighted by Gasteiger charge is 1.95. The van der Waals surface area contributed by atoms with Gasteiger partial charge in [-0.1, -0.05) is 0 Å². The molecular weight excluding hydrogens is 152 g/mol. The maximum Gasteiger partial charge on any atom is 0.236 e. The van der Waals surface area contributed by atoms with E-state index in [0.717, 1.165) is 0 Å². The Kier molecular flexibility index (Phi) is 2.16. The molecule has 0 aliphatic rings. The predicted octanol–water partition coefficient (Wildman–Crippen LogP) is -0.565. The molecule has 0 saturated carbocycles. The molecule has 0 atom stereocenters. The van der Waals surface area contributed by atoms with Gasteiger partial charge in [0.1, 0.15) is 6.33 Å². The number of carbonyl (C=O) groups excluding carboxylic acids is 1. The maximum absolute atomic E-state index is 10.2. The van der Waals surface area contributed by atoms with Gasteiger partial charge in [-0.3, -0.25) is 4.79 Å². The molecule has 0 spiro atoms. The van der Waals surface area contributed by atoms with Crippen molar-refractivity contribution in [2.24, 2.45) is 5.73 Å². The van der Waals surface area contributed by atoms with Crippen molar-refractivity contribution < 1.29 is 4.79 Å². The second-order valence-corrected chi connectivity index (χ2v) is 2.35. The molecule has 1 heterocycles. The normalized spacial score (nSPS) is 9.20. The first-order valence-corrected chi connectivity index (χ1v) is 3.35. The molecule has 0 radical (unpaired) electrons. The van der Waals surface area contributed by atoms with Gasteiger partial charge in [-0.2, -0.15) is 4.37 Å². The van der Waals surface area contributed by atoms with E-state index in [9.17, 15) is 4.79 Å². The standard InChI is InChI=1S/C4H6N4OS/c5-3(9)1-6-4-7-2-8-10-4/h2H,1H2,(H2,5,9)(H,6,7,8). The van der Waals surface area contributed by atoms with E-state index in [2.05, 4.69) is 14.7 Å². The molecule has 0 aliphatic carbocycles.